The van der Waals surface area contributed by atoms with Crippen LogP contribution >= 0.6 is 0 Å². The van der Waals surface area contributed by atoms with Gasteiger partial charge in [0.15, 0.2) is 0 Å². The highest BCUT2D eigenvalue weighted by molar-refractivity contribution is 6.05. The van der Waals surface area contributed by atoms with Crippen LogP contribution in [0.1, 0.15) is 39.5 Å². The van der Waals surface area contributed by atoms with Crippen LogP contribution in [-0.2, 0) is 8.53 Å². The number of nitrogens with two attached hydrogens (primary N) is 1. The third-order valence-electron chi connectivity index (χ3n) is 3.10. The molecular weight excluding hydrogens is 294 g/mol. The summed E-state index contributed by atoms with van der Waals surface area (Å²) in [5, 5.41) is 0. The fourth-order valence-corrected chi connectivity index (χ4v) is 2.43. The van der Waals surface area contributed by atoms with Crippen LogP contribution in [0, 0.1) is 5.92 Å². The molecular formula is C13H24AlFN2O4. The lowest BCUT2D eigenvalue weighted by Crippen LogP contribution is -2.45. The number of primary amides is 1. The Bertz CT molecular complexity index is 321. The SMILES string of the molecule is CC.NC(=O)OCCCC[C@@H]1C[C@H](F)CN(C(=O)[O][Al])C1. The average molecular weight is 318 g/mol. The molecule has 2 N–H and O–H groups in total. The molecule has 1 aliphatic rings. The summed E-state index contributed by atoms with van der Waals surface area (Å²) in [6, 6.07) is 0. The molecule has 2 radical (unpaired) electrons. The van der Waals surface area contributed by atoms with E-state index in [2.05, 4.69) is 8.53 Å². The van der Waals surface area contributed by atoms with Crippen LogP contribution in [0.5, 0.6) is 0 Å². The second-order valence-corrected chi connectivity index (χ2v) is 4.89. The van der Waals surface area contributed by atoms with Crippen LogP contribution in [0.3, 0.4) is 0 Å². The molecule has 0 aromatic rings. The van der Waals surface area contributed by atoms with Crippen molar-refractivity contribution in [1.82, 2.24) is 4.90 Å². The first kappa shape index (κ1) is 20.0. The van der Waals surface area contributed by atoms with Crippen molar-refractivity contribution in [2.45, 2.75) is 45.7 Å². The van der Waals surface area contributed by atoms with Crippen molar-refractivity contribution < 1.29 is 22.5 Å². The lowest BCUT2D eigenvalue weighted by Gasteiger charge is -2.34. The van der Waals surface area contributed by atoms with Crippen LogP contribution in [0.2, 0.25) is 0 Å². The first-order chi connectivity index (χ1) is 10.0. The molecule has 2 amide bonds. The summed E-state index contributed by atoms with van der Waals surface area (Å²) in [5.41, 5.74) is 4.83. The predicted molar refractivity (Wildman–Crippen MR) is 77.5 cm³/mol. The highest BCUT2D eigenvalue weighted by Crippen LogP contribution is 2.24. The molecule has 0 aliphatic carbocycles. The monoisotopic (exact) mass is 318 g/mol. The minimum absolute atomic E-state index is 0.0918. The molecule has 1 rings (SSSR count). The third kappa shape index (κ3) is 8.79. The maximum atomic E-state index is 13.5. The molecule has 0 bridgehead atoms. The molecule has 1 heterocycles. The summed E-state index contributed by atoms with van der Waals surface area (Å²) in [7, 11) is 0. The molecule has 0 spiro atoms. The normalized spacial score (nSPS) is 21.0. The number of likely N-dealkylation sites (tertiary alicyclic amines) is 1. The standard InChI is InChI=1S/C11H19FN2O4.C2H6.Al/c12-9-5-8(6-14(7-9)11(16)17)3-1-2-4-18-10(13)15;1-2;/h8-9H,1-7H2,(H2,13,15)(H,16,17);1-2H3;/q;;+1/p-1/t8-,9+;;/m1../s1. The average Bonchev–Trinajstić information content (AvgIpc) is 2.47. The largest absolute Gasteiger partial charge is 0.612 e. The van der Waals surface area contributed by atoms with E-state index in [1.807, 2.05) is 30.5 Å². The Morgan fingerprint density at radius 1 is 1.33 bits per heavy atom. The van der Waals surface area contributed by atoms with Crippen LogP contribution in [0.15, 0.2) is 0 Å². The van der Waals surface area contributed by atoms with Crippen LogP contribution in [0.4, 0.5) is 14.0 Å². The van der Waals surface area contributed by atoms with E-state index in [0.717, 1.165) is 12.8 Å². The summed E-state index contributed by atoms with van der Waals surface area (Å²) in [6.45, 7) is 4.87. The summed E-state index contributed by atoms with van der Waals surface area (Å²) in [4.78, 5) is 23.1. The zero-order chi connectivity index (χ0) is 16.3. The van der Waals surface area contributed by atoms with E-state index in [1.54, 1.807) is 0 Å². The summed E-state index contributed by atoms with van der Waals surface area (Å²) < 4.78 is 22.6. The number of hydrogen-bond donors (Lipinski definition) is 1. The van der Waals surface area contributed by atoms with Gasteiger partial charge in [-0.25, -0.2) is 14.0 Å². The van der Waals surface area contributed by atoms with Crippen molar-refractivity contribution in [2.24, 2.45) is 11.7 Å². The van der Waals surface area contributed by atoms with E-state index in [1.165, 1.54) is 4.90 Å². The summed E-state index contributed by atoms with van der Waals surface area (Å²) in [5.74, 6) is 0.112. The number of piperidine rings is 1. The number of amides is 2. The Hall–Kier alpha value is -0.998. The Morgan fingerprint density at radius 3 is 2.57 bits per heavy atom. The third-order valence-corrected chi connectivity index (χ3v) is 3.30. The van der Waals surface area contributed by atoms with Gasteiger partial charge in [0.2, 0.25) is 0 Å². The van der Waals surface area contributed by atoms with Crippen LogP contribution < -0.4 is 5.73 Å². The number of hydrogen-bond acceptors (Lipinski definition) is 4. The number of halogens is 1. The van der Waals surface area contributed by atoms with Crippen LogP contribution in [0.25, 0.3) is 0 Å². The van der Waals surface area contributed by atoms with Crippen molar-refractivity contribution in [3.63, 3.8) is 0 Å². The molecule has 0 aromatic heterocycles. The van der Waals surface area contributed by atoms with Gasteiger partial charge in [-0.3, -0.25) is 0 Å². The molecule has 1 fully saturated rings. The number of rotatable bonds is 5. The molecule has 0 saturated carbocycles. The maximum absolute atomic E-state index is 13.5. The van der Waals surface area contributed by atoms with E-state index in [-0.39, 0.29) is 19.1 Å². The number of alkyl halides is 1. The zero-order valence-electron chi connectivity index (χ0n) is 12.7. The van der Waals surface area contributed by atoms with Crippen molar-refractivity contribution in [1.29, 1.82) is 0 Å². The highest BCUT2D eigenvalue weighted by atomic mass is 27.1. The van der Waals surface area contributed by atoms with Gasteiger partial charge in [-0.1, -0.05) is 13.8 Å². The van der Waals surface area contributed by atoms with Gasteiger partial charge in [0.1, 0.15) is 6.17 Å². The van der Waals surface area contributed by atoms with Crippen molar-refractivity contribution in [2.75, 3.05) is 19.7 Å². The zero-order valence-corrected chi connectivity index (χ0v) is 13.9. The van der Waals surface area contributed by atoms with Crippen LogP contribution in [-0.4, -0.2) is 59.6 Å². The minimum atomic E-state index is -1.01. The van der Waals surface area contributed by atoms with Gasteiger partial charge in [-0.05, 0) is 31.6 Å². The smallest absolute Gasteiger partial charge is 0.487 e. The van der Waals surface area contributed by atoms with E-state index >= 15 is 0 Å². The fraction of sp³-hybridized carbons (Fsp3) is 0.846. The lowest BCUT2D eigenvalue weighted by molar-refractivity contribution is 0.0845. The molecule has 2 atom stereocenters. The number of ether oxygens (including phenoxy) is 1. The van der Waals surface area contributed by atoms with Crippen molar-refractivity contribution in [3.05, 3.63) is 0 Å². The quantitative estimate of drug-likeness (QED) is 0.622. The Kier molecular flexibility index (Phi) is 11.1. The topological polar surface area (TPSA) is 81.9 Å². The second-order valence-electron chi connectivity index (χ2n) is 4.65. The van der Waals surface area contributed by atoms with Crippen molar-refractivity contribution >= 4 is 28.8 Å². The van der Waals surface area contributed by atoms with E-state index < -0.39 is 18.4 Å². The maximum Gasteiger partial charge on any atom is 0.487 e. The predicted octanol–water partition coefficient (Wildman–Crippen LogP) is 2.16. The van der Waals surface area contributed by atoms with E-state index in [0.29, 0.717) is 19.4 Å². The number of carbonyl (C=O) groups excluding carboxylic acids is 2. The molecule has 0 aromatic carbocycles. The molecule has 21 heavy (non-hydrogen) atoms. The Morgan fingerprint density at radius 2 is 2.00 bits per heavy atom. The molecule has 8 heteroatoms. The lowest BCUT2D eigenvalue weighted by atomic mass is 9.92. The summed E-state index contributed by atoms with van der Waals surface area (Å²) in [6.07, 6.45) is 0.411. The first-order valence-corrected chi connectivity index (χ1v) is 7.72. The van der Waals surface area contributed by atoms with Gasteiger partial charge in [-0.2, -0.15) is 0 Å². The van der Waals surface area contributed by atoms with Gasteiger partial charge in [0.05, 0.1) is 13.2 Å². The van der Waals surface area contributed by atoms with Gasteiger partial charge in [-0.15, -0.1) is 0 Å². The minimum Gasteiger partial charge on any atom is -0.612 e. The number of carbonyl (C=O) groups is 2. The molecule has 6 nitrogen and oxygen atoms in total. The van der Waals surface area contributed by atoms with E-state index in [4.69, 9.17) is 5.73 Å². The first-order valence-electron chi connectivity index (χ1n) is 7.25. The summed E-state index contributed by atoms with van der Waals surface area (Å²) >= 11 is 1.87. The van der Waals surface area contributed by atoms with Gasteiger partial charge in [0.25, 0.3) is 0 Å². The molecule has 120 valence electrons. The second kappa shape index (κ2) is 11.6. The van der Waals surface area contributed by atoms with Gasteiger partial charge >= 0.3 is 28.8 Å². The van der Waals surface area contributed by atoms with Crippen molar-refractivity contribution in [3.8, 4) is 0 Å². The van der Waals surface area contributed by atoms with Gasteiger partial charge < -0.3 is 19.2 Å². The molecule has 0 unspecified atom stereocenters. The van der Waals surface area contributed by atoms with E-state index in [9.17, 15) is 14.0 Å². The number of unbranched alkanes of at least 4 members (excludes halogenated alkanes) is 1. The number of nitrogens with zero attached hydrogens (tertiary/aromatic N) is 1. The highest BCUT2D eigenvalue weighted by Gasteiger charge is 2.29. The fourth-order valence-electron chi connectivity index (χ4n) is 2.28. The molecule has 1 saturated heterocycles. The molecule has 1 aliphatic heterocycles. The van der Waals surface area contributed by atoms with Gasteiger partial charge in [0, 0.05) is 6.54 Å². The Labute approximate surface area is 133 Å². The Balaban J connectivity index is 0.00000191.